The lowest BCUT2D eigenvalue weighted by Gasteiger charge is -2.37. The van der Waals surface area contributed by atoms with Crippen LogP contribution >= 0.6 is 0 Å². The van der Waals surface area contributed by atoms with Gasteiger partial charge in [0.25, 0.3) is 0 Å². The fraction of sp³-hybridized carbons (Fsp3) is 0.517. The minimum atomic E-state index is -0.00564. The first-order valence-electron chi connectivity index (χ1n) is 12.5. The summed E-state index contributed by atoms with van der Waals surface area (Å²) in [5.74, 6) is 3.56. The molecule has 33 heavy (non-hydrogen) atoms. The van der Waals surface area contributed by atoms with Crippen molar-refractivity contribution in [1.82, 2.24) is 0 Å². The number of benzene rings is 2. The monoisotopic (exact) mass is 450 g/mol. The van der Waals surface area contributed by atoms with Crippen molar-refractivity contribution < 1.29 is 18.9 Å². The number of hydrogen-bond donors (Lipinski definition) is 0. The Bertz CT molecular complexity index is 933. The highest BCUT2D eigenvalue weighted by atomic mass is 16.5. The molecule has 1 fully saturated rings. The fourth-order valence-electron chi connectivity index (χ4n) is 5.08. The molecular weight excluding hydrogens is 412 g/mol. The van der Waals surface area contributed by atoms with Crippen LogP contribution in [0.2, 0.25) is 0 Å². The molecule has 3 atom stereocenters. The van der Waals surface area contributed by atoms with Crippen LogP contribution in [0.25, 0.3) is 0 Å². The van der Waals surface area contributed by atoms with Gasteiger partial charge in [0.2, 0.25) is 0 Å². The molecule has 4 heteroatoms. The van der Waals surface area contributed by atoms with Gasteiger partial charge in [0.15, 0.2) is 0 Å². The smallest absolute Gasteiger partial charge is 0.129 e. The Morgan fingerprint density at radius 3 is 2.30 bits per heavy atom. The highest BCUT2D eigenvalue weighted by molar-refractivity contribution is 5.52. The van der Waals surface area contributed by atoms with E-state index in [4.69, 9.17) is 18.9 Å². The molecule has 0 amide bonds. The third-order valence-corrected chi connectivity index (χ3v) is 6.79. The number of allylic oxidation sites excluding steroid dienone is 1. The van der Waals surface area contributed by atoms with Gasteiger partial charge in [0.05, 0.1) is 19.8 Å². The molecule has 0 radical (unpaired) electrons. The maximum Gasteiger partial charge on any atom is 0.129 e. The molecule has 0 unspecified atom stereocenters. The van der Waals surface area contributed by atoms with Gasteiger partial charge < -0.3 is 18.9 Å². The van der Waals surface area contributed by atoms with Gasteiger partial charge in [0, 0.05) is 24.2 Å². The molecule has 178 valence electrons. The predicted octanol–water partition coefficient (Wildman–Crippen LogP) is 7.37. The van der Waals surface area contributed by atoms with Gasteiger partial charge in [-0.2, -0.15) is 0 Å². The van der Waals surface area contributed by atoms with E-state index in [0.717, 1.165) is 74.6 Å². The Balaban J connectivity index is 1.64. The summed E-state index contributed by atoms with van der Waals surface area (Å²) in [6.45, 7) is 10.7. The summed E-state index contributed by atoms with van der Waals surface area (Å²) in [4.78, 5) is 0. The van der Waals surface area contributed by atoms with Crippen LogP contribution in [0, 0.1) is 5.92 Å². The molecule has 4 nitrogen and oxygen atoms in total. The minimum absolute atomic E-state index is 0.00564. The third-order valence-electron chi connectivity index (χ3n) is 6.79. The van der Waals surface area contributed by atoms with Gasteiger partial charge in [-0.25, -0.2) is 0 Å². The number of unbranched alkanes of at least 4 members (excludes halogenated alkanes) is 2. The highest BCUT2D eigenvalue weighted by Crippen LogP contribution is 2.56. The van der Waals surface area contributed by atoms with Crippen molar-refractivity contribution in [1.29, 1.82) is 0 Å². The van der Waals surface area contributed by atoms with Gasteiger partial charge in [-0.15, -0.1) is 0 Å². The summed E-state index contributed by atoms with van der Waals surface area (Å²) in [6, 6.07) is 12.7. The molecule has 0 spiro atoms. The summed E-state index contributed by atoms with van der Waals surface area (Å²) in [5.41, 5.74) is 4.80. The summed E-state index contributed by atoms with van der Waals surface area (Å²) in [5, 5.41) is 0. The quantitative estimate of drug-likeness (QED) is 0.264. The maximum absolute atomic E-state index is 6.77. The second-order valence-electron chi connectivity index (χ2n) is 9.37. The zero-order valence-electron chi connectivity index (χ0n) is 20.4. The van der Waals surface area contributed by atoms with Crippen molar-refractivity contribution in [3.63, 3.8) is 0 Å². The van der Waals surface area contributed by atoms with Crippen LogP contribution in [0.5, 0.6) is 17.2 Å². The van der Waals surface area contributed by atoms with Crippen molar-refractivity contribution >= 4 is 0 Å². The first-order chi connectivity index (χ1) is 16.1. The van der Waals surface area contributed by atoms with E-state index in [2.05, 4.69) is 56.8 Å². The largest absolute Gasteiger partial charge is 0.494 e. The number of rotatable bonds is 11. The zero-order valence-corrected chi connectivity index (χ0v) is 20.4. The second-order valence-corrected chi connectivity index (χ2v) is 9.37. The molecule has 0 aromatic heterocycles. The molecule has 0 bridgehead atoms. The Morgan fingerprint density at radius 2 is 1.64 bits per heavy atom. The van der Waals surface area contributed by atoms with Crippen LogP contribution in [0.4, 0.5) is 0 Å². The SMILES string of the molecule is C=C1C[C@@H]2[C@H](C1)c1cc(OCCCC)cc(COC)c1O[C@@H]2c1ccc(OCCCC)cc1. The molecule has 1 heterocycles. The van der Waals surface area contributed by atoms with E-state index in [1.54, 1.807) is 7.11 Å². The predicted molar refractivity (Wildman–Crippen MR) is 132 cm³/mol. The maximum atomic E-state index is 6.77. The van der Waals surface area contributed by atoms with Crippen LogP contribution in [0.3, 0.4) is 0 Å². The first-order valence-corrected chi connectivity index (χ1v) is 12.5. The number of hydrogen-bond acceptors (Lipinski definition) is 4. The Morgan fingerprint density at radius 1 is 0.939 bits per heavy atom. The molecule has 4 rings (SSSR count). The van der Waals surface area contributed by atoms with Crippen LogP contribution in [-0.2, 0) is 11.3 Å². The molecule has 1 aliphatic carbocycles. The average molecular weight is 451 g/mol. The molecule has 2 aromatic carbocycles. The average Bonchev–Trinajstić information content (AvgIpc) is 3.21. The van der Waals surface area contributed by atoms with E-state index in [0.29, 0.717) is 18.4 Å². The van der Waals surface area contributed by atoms with Crippen molar-refractivity contribution in [3.8, 4) is 17.2 Å². The lowest BCUT2D eigenvalue weighted by molar-refractivity contribution is 0.0977. The molecule has 1 saturated carbocycles. The van der Waals surface area contributed by atoms with E-state index in [-0.39, 0.29) is 6.10 Å². The standard InChI is InChI=1S/C29H38O4/c1-5-7-13-31-23-11-9-21(10-12-23)28-26-16-20(3)15-25(26)27-18-24(32-14-8-6-2)17-22(19-30-4)29(27)33-28/h9-12,17-18,25-26,28H,3,5-8,13-16,19H2,1-2,4H3/t25-,26+,28+/m0/s1. The normalized spacial score (nSPS) is 21.3. The Kier molecular flexibility index (Phi) is 7.97. The van der Waals surface area contributed by atoms with Gasteiger partial charge >= 0.3 is 0 Å². The molecule has 1 aliphatic heterocycles. The van der Waals surface area contributed by atoms with E-state index < -0.39 is 0 Å². The van der Waals surface area contributed by atoms with Crippen LogP contribution in [0.1, 0.15) is 81.1 Å². The van der Waals surface area contributed by atoms with Crippen molar-refractivity contribution in [2.24, 2.45) is 5.92 Å². The summed E-state index contributed by atoms with van der Waals surface area (Å²) >= 11 is 0. The second kappa shape index (κ2) is 11.1. The summed E-state index contributed by atoms with van der Waals surface area (Å²) in [6.07, 6.45) is 6.36. The van der Waals surface area contributed by atoms with Crippen molar-refractivity contribution in [2.75, 3.05) is 20.3 Å². The number of fused-ring (bicyclic) bond motifs is 3. The molecule has 2 aromatic rings. The minimum Gasteiger partial charge on any atom is -0.494 e. The zero-order chi connectivity index (χ0) is 23.2. The van der Waals surface area contributed by atoms with Crippen molar-refractivity contribution in [3.05, 3.63) is 65.2 Å². The Labute approximate surface area is 198 Å². The topological polar surface area (TPSA) is 36.9 Å². The van der Waals surface area contributed by atoms with E-state index >= 15 is 0 Å². The number of ether oxygens (including phenoxy) is 4. The lowest BCUT2D eigenvalue weighted by atomic mass is 9.79. The number of methoxy groups -OCH3 is 1. The van der Waals surface area contributed by atoms with Crippen molar-refractivity contribution in [2.45, 2.75) is 71.0 Å². The van der Waals surface area contributed by atoms with Gasteiger partial charge in [-0.3, -0.25) is 0 Å². The van der Waals surface area contributed by atoms with Crippen LogP contribution in [0.15, 0.2) is 48.6 Å². The third kappa shape index (κ3) is 5.38. The van der Waals surface area contributed by atoms with E-state index in [1.807, 2.05) is 0 Å². The molecule has 0 saturated heterocycles. The van der Waals surface area contributed by atoms with E-state index in [9.17, 15) is 0 Å². The lowest BCUT2D eigenvalue weighted by Crippen LogP contribution is -2.27. The Hall–Kier alpha value is -2.46. The first kappa shape index (κ1) is 23.7. The highest BCUT2D eigenvalue weighted by Gasteiger charge is 2.44. The van der Waals surface area contributed by atoms with Gasteiger partial charge in [-0.1, -0.05) is 51.0 Å². The summed E-state index contributed by atoms with van der Waals surface area (Å²) < 4.78 is 24.3. The summed E-state index contributed by atoms with van der Waals surface area (Å²) in [7, 11) is 1.73. The van der Waals surface area contributed by atoms with Gasteiger partial charge in [0.1, 0.15) is 23.4 Å². The molecule has 0 N–H and O–H groups in total. The molecule has 2 aliphatic rings. The van der Waals surface area contributed by atoms with Crippen LogP contribution < -0.4 is 14.2 Å². The molecular formula is C29H38O4. The van der Waals surface area contributed by atoms with E-state index in [1.165, 1.54) is 16.7 Å². The van der Waals surface area contributed by atoms with Crippen LogP contribution in [-0.4, -0.2) is 20.3 Å². The fourth-order valence-corrected chi connectivity index (χ4v) is 5.08. The van der Waals surface area contributed by atoms with Gasteiger partial charge in [-0.05, 0) is 61.4 Å².